The van der Waals surface area contributed by atoms with Gasteiger partial charge in [-0.2, -0.15) is 0 Å². The molecule has 0 atom stereocenters. The van der Waals surface area contributed by atoms with Crippen molar-refractivity contribution in [2.75, 3.05) is 0 Å². The average Bonchev–Trinajstić information content (AvgIpc) is 2.77. The fourth-order valence-corrected chi connectivity index (χ4v) is 1.64. The smallest absolute Gasteiger partial charge is 0.392 e. The molecule has 0 amide bonds. The van der Waals surface area contributed by atoms with E-state index in [0.717, 1.165) is 5.56 Å². The third-order valence-corrected chi connectivity index (χ3v) is 2.72. The first-order chi connectivity index (χ1) is 8.38. The van der Waals surface area contributed by atoms with E-state index in [9.17, 15) is 4.79 Å². The molecule has 0 radical (unpaired) electrons. The Kier molecular flexibility index (Phi) is 2.95. The molecule has 0 saturated carbocycles. The Balaban J connectivity index is 2.31. The number of carbonyl (C=O) groups is 1. The molecule has 0 fully saturated rings. The lowest BCUT2D eigenvalue weighted by Gasteiger charge is -2.18. The standard InChI is InChI=1S/C14H15NO3/c1-14(2,3)10-6-4-9(5-7-10)11-8-15-12(18-11)13(16)17/h4-8H,1-3H3,(H,16,17). The molecule has 4 nitrogen and oxygen atoms in total. The van der Waals surface area contributed by atoms with Gasteiger partial charge >= 0.3 is 11.9 Å². The second-order valence-electron chi connectivity index (χ2n) is 5.16. The summed E-state index contributed by atoms with van der Waals surface area (Å²) in [6.07, 6.45) is 1.43. The van der Waals surface area contributed by atoms with Gasteiger partial charge in [-0.05, 0) is 11.0 Å². The van der Waals surface area contributed by atoms with E-state index in [4.69, 9.17) is 9.52 Å². The number of benzene rings is 1. The highest BCUT2D eigenvalue weighted by molar-refractivity contribution is 5.82. The van der Waals surface area contributed by atoms with Crippen LogP contribution in [0.5, 0.6) is 0 Å². The van der Waals surface area contributed by atoms with Crippen molar-refractivity contribution in [3.63, 3.8) is 0 Å². The lowest BCUT2D eigenvalue weighted by molar-refractivity contribution is 0.0654. The van der Waals surface area contributed by atoms with Crippen molar-refractivity contribution in [1.82, 2.24) is 4.98 Å². The van der Waals surface area contributed by atoms with Gasteiger partial charge in [-0.3, -0.25) is 0 Å². The third kappa shape index (κ3) is 2.42. The number of rotatable bonds is 2. The predicted molar refractivity (Wildman–Crippen MR) is 67.6 cm³/mol. The van der Waals surface area contributed by atoms with Crippen LogP contribution in [-0.2, 0) is 5.41 Å². The van der Waals surface area contributed by atoms with Crippen LogP contribution < -0.4 is 0 Å². The van der Waals surface area contributed by atoms with Gasteiger partial charge in [0, 0.05) is 5.56 Å². The molecule has 18 heavy (non-hydrogen) atoms. The molecule has 0 aliphatic rings. The van der Waals surface area contributed by atoms with E-state index in [2.05, 4.69) is 25.8 Å². The molecule has 2 aromatic rings. The molecule has 1 aromatic carbocycles. The van der Waals surface area contributed by atoms with Crippen LogP contribution in [0, 0.1) is 0 Å². The molecule has 0 unspecified atom stereocenters. The van der Waals surface area contributed by atoms with E-state index in [1.807, 2.05) is 24.3 Å². The monoisotopic (exact) mass is 245 g/mol. The van der Waals surface area contributed by atoms with Crippen LogP contribution in [0.2, 0.25) is 0 Å². The van der Waals surface area contributed by atoms with Gasteiger partial charge in [0.1, 0.15) is 0 Å². The van der Waals surface area contributed by atoms with Crippen LogP contribution in [0.1, 0.15) is 37.0 Å². The average molecular weight is 245 g/mol. The van der Waals surface area contributed by atoms with Crippen molar-refractivity contribution in [3.8, 4) is 11.3 Å². The van der Waals surface area contributed by atoms with E-state index < -0.39 is 5.97 Å². The number of carboxylic acids is 1. The van der Waals surface area contributed by atoms with Crippen molar-refractivity contribution >= 4 is 5.97 Å². The van der Waals surface area contributed by atoms with Crippen molar-refractivity contribution in [2.45, 2.75) is 26.2 Å². The van der Waals surface area contributed by atoms with Gasteiger partial charge < -0.3 is 9.52 Å². The number of aromatic carboxylic acids is 1. The molecule has 0 saturated heterocycles. The lowest BCUT2D eigenvalue weighted by Crippen LogP contribution is -2.10. The highest BCUT2D eigenvalue weighted by Gasteiger charge is 2.15. The Morgan fingerprint density at radius 3 is 2.28 bits per heavy atom. The van der Waals surface area contributed by atoms with Crippen molar-refractivity contribution < 1.29 is 14.3 Å². The Morgan fingerprint density at radius 1 is 1.22 bits per heavy atom. The molecule has 0 aliphatic heterocycles. The topological polar surface area (TPSA) is 63.3 Å². The maximum atomic E-state index is 10.7. The van der Waals surface area contributed by atoms with Gasteiger partial charge in [0.25, 0.3) is 0 Å². The van der Waals surface area contributed by atoms with Gasteiger partial charge in [-0.1, -0.05) is 45.0 Å². The maximum Gasteiger partial charge on any atom is 0.392 e. The SMILES string of the molecule is CC(C)(C)c1ccc(-c2cnc(C(=O)O)o2)cc1. The van der Waals surface area contributed by atoms with Crippen LogP contribution in [0.25, 0.3) is 11.3 Å². The Bertz CT molecular complexity index is 561. The normalized spacial score (nSPS) is 11.5. The third-order valence-electron chi connectivity index (χ3n) is 2.72. The number of hydrogen-bond donors (Lipinski definition) is 1. The summed E-state index contributed by atoms with van der Waals surface area (Å²) < 4.78 is 5.15. The number of aromatic nitrogens is 1. The molecule has 0 aliphatic carbocycles. The molecule has 0 bridgehead atoms. The van der Waals surface area contributed by atoms with Gasteiger partial charge in [0.15, 0.2) is 5.76 Å². The van der Waals surface area contributed by atoms with E-state index in [-0.39, 0.29) is 11.3 Å². The second kappa shape index (κ2) is 4.29. The number of oxazole rings is 1. The van der Waals surface area contributed by atoms with Gasteiger partial charge in [0.05, 0.1) is 6.20 Å². The zero-order valence-electron chi connectivity index (χ0n) is 10.6. The molecule has 4 heteroatoms. The molecule has 1 aromatic heterocycles. The summed E-state index contributed by atoms with van der Waals surface area (Å²) in [4.78, 5) is 14.4. The first kappa shape index (κ1) is 12.4. The van der Waals surface area contributed by atoms with E-state index in [0.29, 0.717) is 5.76 Å². The maximum absolute atomic E-state index is 10.7. The minimum Gasteiger partial charge on any atom is -0.474 e. The Hall–Kier alpha value is -2.10. The number of carboxylic acid groups (broad SMARTS) is 1. The van der Waals surface area contributed by atoms with E-state index >= 15 is 0 Å². The fraction of sp³-hybridized carbons (Fsp3) is 0.286. The van der Waals surface area contributed by atoms with E-state index in [1.165, 1.54) is 11.8 Å². The zero-order chi connectivity index (χ0) is 13.3. The van der Waals surface area contributed by atoms with Gasteiger partial charge in [-0.25, -0.2) is 9.78 Å². The van der Waals surface area contributed by atoms with Crippen LogP contribution >= 0.6 is 0 Å². The first-order valence-electron chi connectivity index (χ1n) is 5.68. The van der Waals surface area contributed by atoms with Crippen LogP contribution in [0.15, 0.2) is 34.9 Å². The molecular formula is C14H15NO3. The summed E-state index contributed by atoms with van der Waals surface area (Å²) in [5, 5.41) is 8.74. The Morgan fingerprint density at radius 2 is 1.83 bits per heavy atom. The van der Waals surface area contributed by atoms with Crippen molar-refractivity contribution in [1.29, 1.82) is 0 Å². The summed E-state index contributed by atoms with van der Waals surface area (Å²) in [6, 6.07) is 7.84. The molecule has 2 rings (SSSR count). The van der Waals surface area contributed by atoms with Crippen LogP contribution in [0.4, 0.5) is 0 Å². The minimum absolute atomic E-state index is 0.0895. The lowest BCUT2D eigenvalue weighted by atomic mass is 9.86. The molecule has 1 heterocycles. The summed E-state index contributed by atoms with van der Waals surface area (Å²) in [7, 11) is 0. The number of nitrogens with zero attached hydrogens (tertiary/aromatic N) is 1. The molecule has 0 spiro atoms. The van der Waals surface area contributed by atoms with Crippen LogP contribution in [0.3, 0.4) is 0 Å². The second-order valence-corrected chi connectivity index (χ2v) is 5.16. The van der Waals surface area contributed by atoms with Crippen LogP contribution in [-0.4, -0.2) is 16.1 Å². The summed E-state index contributed by atoms with van der Waals surface area (Å²) in [5.74, 6) is -0.981. The van der Waals surface area contributed by atoms with Gasteiger partial charge in [-0.15, -0.1) is 0 Å². The molecule has 94 valence electrons. The minimum atomic E-state index is -1.16. The van der Waals surface area contributed by atoms with Crippen molar-refractivity contribution in [3.05, 3.63) is 41.9 Å². The fourth-order valence-electron chi connectivity index (χ4n) is 1.64. The largest absolute Gasteiger partial charge is 0.474 e. The van der Waals surface area contributed by atoms with Gasteiger partial charge in [0.2, 0.25) is 0 Å². The first-order valence-corrected chi connectivity index (χ1v) is 5.68. The van der Waals surface area contributed by atoms with Crippen molar-refractivity contribution in [2.24, 2.45) is 0 Å². The summed E-state index contributed by atoms with van der Waals surface area (Å²) >= 11 is 0. The highest BCUT2D eigenvalue weighted by Crippen LogP contribution is 2.26. The molecule has 1 N–H and O–H groups in total. The zero-order valence-corrected chi connectivity index (χ0v) is 10.6. The predicted octanol–water partition coefficient (Wildman–Crippen LogP) is 3.34. The number of hydrogen-bond acceptors (Lipinski definition) is 3. The Labute approximate surface area is 105 Å². The quantitative estimate of drug-likeness (QED) is 0.881. The summed E-state index contributed by atoms with van der Waals surface area (Å²) in [6.45, 7) is 6.41. The molecular weight excluding hydrogens is 230 g/mol. The van der Waals surface area contributed by atoms with E-state index in [1.54, 1.807) is 0 Å². The highest BCUT2D eigenvalue weighted by atomic mass is 16.4. The summed E-state index contributed by atoms with van der Waals surface area (Å²) in [5.41, 5.74) is 2.12.